The molecule has 0 radical (unpaired) electrons. The van der Waals surface area contributed by atoms with Gasteiger partial charge in [0.15, 0.2) is 0 Å². The Morgan fingerprint density at radius 3 is 2.27 bits per heavy atom. The molecule has 1 rings (SSSR count). The molecule has 0 bridgehead atoms. The average Bonchev–Trinajstić information content (AvgIpc) is 2.13. The predicted molar refractivity (Wildman–Crippen MR) is 64.1 cm³/mol. The van der Waals surface area contributed by atoms with Gasteiger partial charge in [-0.15, -0.1) is 0 Å². The summed E-state index contributed by atoms with van der Waals surface area (Å²) in [4.78, 5) is 0. The van der Waals surface area contributed by atoms with E-state index in [-0.39, 0.29) is 0 Å². The van der Waals surface area contributed by atoms with Crippen molar-refractivity contribution in [2.45, 2.75) is 19.6 Å². The number of aliphatic hydroxyl groups is 1. The molecule has 0 heterocycles. The van der Waals surface area contributed by atoms with Crippen LogP contribution in [0.2, 0.25) is 10.0 Å². The van der Waals surface area contributed by atoms with E-state index >= 15 is 0 Å². The maximum absolute atomic E-state index is 10.1. The Labute approximate surface area is 99.2 Å². The predicted octanol–water partition coefficient (Wildman–Crippen LogP) is 2.35. The fraction of sp³-hybridized carbons (Fsp3) is 0.400. The minimum absolute atomic E-state index is 0.328. The van der Waals surface area contributed by atoms with E-state index in [0.29, 0.717) is 27.8 Å². The van der Waals surface area contributed by atoms with Crippen LogP contribution in [0, 0.1) is 0 Å². The zero-order valence-corrected chi connectivity index (χ0v) is 10.2. The van der Waals surface area contributed by atoms with Gasteiger partial charge in [-0.25, -0.2) is 0 Å². The molecule has 0 saturated heterocycles. The molecule has 0 aliphatic heterocycles. The van der Waals surface area contributed by atoms with Gasteiger partial charge in [-0.3, -0.25) is 5.32 Å². The summed E-state index contributed by atoms with van der Waals surface area (Å²) in [6.07, 6.45) is 0. The van der Waals surface area contributed by atoms with E-state index < -0.39 is 5.72 Å². The van der Waals surface area contributed by atoms with Gasteiger partial charge in [-0.2, -0.15) is 0 Å². The van der Waals surface area contributed by atoms with Crippen molar-refractivity contribution in [3.8, 4) is 0 Å². The minimum Gasteiger partial charge on any atom is -0.396 e. The molecule has 0 fully saturated rings. The Morgan fingerprint density at radius 1 is 1.40 bits per heavy atom. The molecule has 3 nitrogen and oxygen atoms in total. The van der Waals surface area contributed by atoms with Crippen LogP contribution < -0.4 is 11.1 Å². The number of nitrogens with one attached hydrogen (secondary N) is 1. The number of rotatable bonds is 3. The highest BCUT2D eigenvalue weighted by atomic mass is 35.5. The first-order chi connectivity index (χ1) is 6.88. The van der Waals surface area contributed by atoms with Crippen LogP contribution in [0.5, 0.6) is 0 Å². The highest BCUT2D eigenvalue weighted by Gasteiger charge is 2.23. The molecule has 0 amide bonds. The first kappa shape index (κ1) is 12.6. The quantitative estimate of drug-likeness (QED) is 0.569. The van der Waals surface area contributed by atoms with Gasteiger partial charge in [-0.1, -0.05) is 30.1 Å². The van der Waals surface area contributed by atoms with Crippen molar-refractivity contribution in [3.05, 3.63) is 27.7 Å². The number of anilines is 1. The standard InChI is InChI=1S/C10H14Cl2N2O/c1-3-14-10(2,15)6-4-7(11)9(13)8(12)5-6/h4-5,14-15H,3,13H2,1-2H3. The Kier molecular flexibility index (Phi) is 3.84. The lowest BCUT2D eigenvalue weighted by atomic mass is 10.0. The third-order valence-electron chi connectivity index (χ3n) is 2.16. The van der Waals surface area contributed by atoms with Gasteiger partial charge in [0.25, 0.3) is 0 Å². The lowest BCUT2D eigenvalue weighted by Crippen LogP contribution is -2.39. The van der Waals surface area contributed by atoms with Crippen LogP contribution in [-0.4, -0.2) is 11.7 Å². The molecule has 0 spiro atoms. The van der Waals surface area contributed by atoms with Crippen molar-refractivity contribution in [2.75, 3.05) is 12.3 Å². The highest BCUT2D eigenvalue weighted by molar-refractivity contribution is 6.38. The van der Waals surface area contributed by atoms with Gasteiger partial charge in [0.05, 0.1) is 15.7 Å². The molecule has 0 aromatic heterocycles. The summed E-state index contributed by atoms with van der Waals surface area (Å²) in [6, 6.07) is 3.21. The fourth-order valence-electron chi connectivity index (χ4n) is 1.31. The Balaban J connectivity index is 3.16. The first-order valence-corrected chi connectivity index (χ1v) is 5.36. The third kappa shape index (κ3) is 2.75. The molecule has 84 valence electrons. The summed E-state index contributed by atoms with van der Waals surface area (Å²) in [6.45, 7) is 4.16. The smallest absolute Gasteiger partial charge is 0.139 e. The van der Waals surface area contributed by atoms with Crippen molar-refractivity contribution >= 4 is 28.9 Å². The van der Waals surface area contributed by atoms with Crippen LogP contribution in [0.15, 0.2) is 12.1 Å². The Bertz CT molecular complexity index is 343. The summed E-state index contributed by atoms with van der Waals surface area (Å²) >= 11 is 11.8. The molecule has 1 aromatic carbocycles. The monoisotopic (exact) mass is 248 g/mol. The average molecular weight is 249 g/mol. The van der Waals surface area contributed by atoms with E-state index in [1.807, 2.05) is 6.92 Å². The molecule has 5 heteroatoms. The number of hydrogen-bond acceptors (Lipinski definition) is 3. The molecule has 0 aliphatic rings. The molecule has 1 aromatic rings. The van der Waals surface area contributed by atoms with Crippen molar-refractivity contribution in [1.29, 1.82) is 0 Å². The summed E-state index contributed by atoms with van der Waals surface area (Å²) in [5.74, 6) is 0. The summed E-state index contributed by atoms with van der Waals surface area (Å²) in [7, 11) is 0. The van der Waals surface area contributed by atoms with Gasteiger partial charge in [-0.05, 0) is 25.6 Å². The molecule has 4 N–H and O–H groups in total. The summed E-state index contributed by atoms with van der Waals surface area (Å²) < 4.78 is 0. The third-order valence-corrected chi connectivity index (χ3v) is 2.79. The molecule has 1 atom stereocenters. The van der Waals surface area contributed by atoms with E-state index in [1.54, 1.807) is 19.1 Å². The van der Waals surface area contributed by atoms with Crippen molar-refractivity contribution < 1.29 is 5.11 Å². The largest absolute Gasteiger partial charge is 0.396 e. The zero-order chi connectivity index (χ0) is 11.6. The maximum Gasteiger partial charge on any atom is 0.139 e. The summed E-state index contributed by atoms with van der Waals surface area (Å²) in [5.41, 5.74) is 5.36. The maximum atomic E-state index is 10.1. The second kappa shape index (κ2) is 4.58. The van der Waals surface area contributed by atoms with Crippen LogP contribution >= 0.6 is 23.2 Å². The van der Waals surface area contributed by atoms with E-state index in [0.717, 1.165) is 0 Å². The number of nitrogen functional groups attached to an aromatic ring is 1. The lowest BCUT2D eigenvalue weighted by molar-refractivity contribution is 0.0219. The van der Waals surface area contributed by atoms with E-state index in [2.05, 4.69) is 5.32 Å². The molecular formula is C10H14Cl2N2O. The lowest BCUT2D eigenvalue weighted by Gasteiger charge is -2.25. The number of hydrogen-bond donors (Lipinski definition) is 3. The second-order valence-electron chi connectivity index (χ2n) is 3.46. The molecule has 0 saturated carbocycles. The van der Waals surface area contributed by atoms with E-state index in [1.165, 1.54) is 0 Å². The zero-order valence-electron chi connectivity index (χ0n) is 8.64. The highest BCUT2D eigenvalue weighted by Crippen LogP contribution is 2.32. The van der Waals surface area contributed by atoms with Crippen LogP contribution in [0.3, 0.4) is 0 Å². The van der Waals surface area contributed by atoms with Gasteiger partial charge < -0.3 is 10.8 Å². The van der Waals surface area contributed by atoms with E-state index in [9.17, 15) is 5.11 Å². The number of nitrogens with two attached hydrogens (primary N) is 1. The van der Waals surface area contributed by atoms with Crippen LogP contribution in [0.4, 0.5) is 5.69 Å². The van der Waals surface area contributed by atoms with E-state index in [4.69, 9.17) is 28.9 Å². The van der Waals surface area contributed by atoms with Crippen LogP contribution in [0.25, 0.3) is 0 Å². The number of halogens is 2. The summed E-state index contributed by atoms with van der Waals surface area (Å²) in [5, 5.41) is 13.7. The second-order valence-corrected chi connectivity index (χ2v) is 4.27. The van der Waals surface area contributed by atoms with Gasteiger partial charge in [0, 0.05) is 5.56 Å². The topological polar surface area (TPSA) is 58.3 Å². The molecule has 15 heavy (non-hydrogen) atoms. The van der Waals surface area contributed by atoms with Crippen molar-refractivity contribution in [2.24, 2.45) is 0 Å². The van der Waals surface area contributed by atoms with Gasteiger partial charge in [0.2, 0.25) is 0 Å². The van der Waals surface area contributed by atoms with Gasteiger partial charge in [0.1, 0.15) is 5.72 Å². The SMILES string of the molecule is CCNC(C)(O)c1cc(Cl)c(N)c(Cl)c1. The van der Waals surface area contributed by atoms with Crippen molar-refractivity contribution in [1.82, 2.24) is 5.32 Å². The van der Waals surface area contributed by atoms with Gasteiger partial charge >= 0.3 is 0 Å². The Morgan fingerprint density at radius 2 is 1.87 bits per heavy atom. The fourth-order valence-corrected chi connectivity index (χ4v) is 1.80. The Hall–Kier alpha value is -0.480. The van der Waals surface area contributed by atoms with Crippen LogP contribution in [0.1, 0.15) is 19.4 Å². The minimum atomic E-state index is -1.16. The van der Waals surface area contributed by atoms with Crippen molar-refractivity contribution in [3.63, 3.8) is 0 Å². The molecule has 1 unspecified atom stereocenters. The normalized spacial score (nSPS) is 15.0. The number of benzene rings is 1. The first-order valence-electron chi connectivity index (χ1n) is 4.61. The van der Waals surface area contributed by atoms with Crippen LogP contribution in [-0.2, 0) is 5.72 Å². The molecule has 0 aliphatic carbocycles. The molecular weight excluding hydrogens is 235 g/mol.